The number of amides is 1. The van der Waals surface area contributed by atoms with Crippen LogP contribution in [0.25, 0.3) is 0 Å². The van der Waals surface area contributed by atoms with Crippen LogP contribution in [0.2, 0.25) is 0 Å². The average molecular weight is 299 g/mol. The minimum Gasteiger partial charge on any atom is -0.495 e. The van der Waals surface area contributed by atoms with Crippen LogP contribution in [-0.4, -0.2) is 33.2 Å². The molecule has 6 heteroatoms. The van der Waals surface area contributed by atoms with Crippen LogP contribution in [0.1, 0.15) is 19.8 Å². The molecule has 0 fully saturated rings. The molecule has 1 rings (SSSR count). The Kier molecular flexibility index (Phi) is 7.08. The fraction of sp³-hybridized carbons (Fsp3) is 0.500. The molecule has 0 aliphatic heterocycles. The van der Waals surface area contributed by atoms with Gasteiger partial charge in [-0.1, -0.05) is 13.3 Å². The summed E-state index contributed by atoms with van der Waals surface area (Å²) >= 11 is 1.52. The number of methoxy groups -OCH3 is 2. The smallest absolute Gasteiger partial charge is 0.411 e. The number of ether oxygens (including phenoxy) is 3. The van der Waals surface area contributed by atoms with Crippen LogP contribution in [0.5, 0.6) is 11.5 Å². The number of benzene rings is 1. The number of nitrogens with one attached hydrogen (secondary N) is 1. The van der Waals surface area contributed by atoms with Crippen molar-refractivity contribution in [3.63, 3.8) is 0 Å². The van der Waals surface area contributed by atoms with Gasteiger partial charge in [-0.2, -0.15) is 0 Å². The Labute approximate surface area is 124 Å². The lowest BCUT2D eigenvalue weighted by Gasteiger charge is -2.14. The van der Waals surface area contributed by atoms with Gasteiger partial charge in [0.05, 0.1) is 31.4 Å². The van der Waals surface area contributed by atoms with E-state index in [0.717, 1.165) is 17.7 Å². The summed E-state index contributed by atoms with van der Waals surface area (Å²) in [6.07, 6.45) is 3.30. The minimum absolute atomic E-state index is 0.416. The lowest BCUT2D eigenvalue weighted by atomic mass is 10.2. The third-order valence-electron chi connectivity index (χ3n) is 2.64. The predicted molar refractivity (Wildman–Crippen MR) is 81.2 cm³/mol. The summed E-state index contributed by atoms with van der Waals surface area (Å²) in [4.78, 5) is 12.5. The fourth-order valence-electron chi connectivity index (χ4n) is 1.62. The van der Waals surface area contributed by atoms with E-state index in [9.17, 15) is 4.79 Å². The topological polar surface area (TPSA) is 56.8 Å². The second-order valence-corrected chi connectivity index (χ2v) is 4.84. The molecule has 0 aliphatic carbocycles. The first-order chi connectivity index (χ1) is 9.65. The number of carbonyl (C=O) groups is 1. The zero-order valence-electron chi connectivity index (χ0n) is 12.3. The number of carbonyl (C=O) groups excluding carboxylic acids is 1. The van der Waals surface area contributed by atoms with Gasteiger partial charge in [0, 0.05) is 12.1 Å². The highest BCUT2D eigenvalue weighted by molar-refractivity contribution is 7.98. The number of rotatable bonds is 7. The molecular formula is C14H21NO4S. The van der Waals surface area contributed by atoms with Crippen LogP contribution in [-0.2, 0) is 4.74 Å². The molecule has 1 aromatic carbocycles. The van der Waals surface area contributed by atoms with E-state index < -0.39 is 6.09 Å². The Morgan fingerprint density at radius 3 is 2.30 bits per heavy atom. The molecule has 1 N–H and O–H groups in total. The Hall–Kier alpha value is -1.56. The van der Waals surface area contributed by atoms with Crippen LogP contribution in [0, 0.1) is 0 Å². The number of hydrogen-bond acceptors (Lipinski definition) is 5. The maximum absolute atomic E-state index is 11.6. The van der Waals surface area contributed by atoms with Crippen LogP contribution in [0.3, 0.4) is 0 Å². The van der Waals surface area contributed by atoms with Crippen LogP contribution in [0.15, 0.2) is 17.0 Å². The van der Waals surface area contributed by atoms with Crippen molar-refractivity contribution in [2.75, 3.05) is 32.4 Å². The molecule has 0 radical (unpaired) electrons. The first-order valence-electron chi connectivity index (χ1n) is 6.40. The normalized spacial score (nSPS) is 10.0. The molecule has 0 unspecified atom stereocenters. The van der Waals surface area contributed by atoms with E-state index in [1.807, 2.05) is 13.2 Å². The van der Waals surface area contributed by atoms with Gasteiger partial charge in [0.2, 0.25) is 0 Å². The second-order valence-electron chi connectivity index (χ2n) is 4.03. The van der Waals surface area contributed by atoms with Gasteiger partial charge < -0.3 is 14.2 Å². The molecule has 0 saturated heterocycles. The fourth-order valence-corrected chi connectivity index (χ4v) is 2.30. The highest BCUT2D eigenvalue weighted by Crippen LogP contribution is 2.39. The molecule has 5 nitrogen and oxygen atoms in total. The highest BCUT2D eigenvalue weighted by atomic mass is 32.2. The SMILES string of the molecule is CCCCOC(=O)Nc1cc(OC)c(SC)c(OC)c1. The highest BCUT2D eigenvalue weighted by Gasteiger charge is 2.13. The molecule has 0 bridgehead atoms. The summed E-state index contributed by atoms with van der Waals surface area (Å²) in [5, 5.41) is 2.67. The summed E-state index contributed by atoms with van der Waals surface area (Å²) in [7, 11) is 3.16. The minimum atomic E-state index is -0.473. The largest absolute Gasteiger partial charge is 0.495 e. The van der Waals surface area contributed by atoms with Crippen molar-refractivity contribution in [1.82, 2.24) is 0 Å². The summed E-state index contributed by atoms with van der Waals surface area (Å²) in [5.41, 5.74) is 0.581. The third kappa shape index (κ3) is 4.52. The predicted octanol–water partition coefficient (Wildman–Crippen LogP) is 3.77. The quantitative estimate of drug-likeness (QED) is 0.613. The molecule has 0 aliphatic rings. The van der Waals surface area contributed by atoms with Gasteiger partial charge in [-0.25, -0.2) is 4.79 Å². The van der Waals surface area contributed by atoms with Crippen LogP contribution < -0.4 is 14.8 Å². The van der Waals surface area contributed by atoms with Crippen molar-refractivity contribution in [3.05, 3.63) is 12.1 Å². The van der Waals surface area contributed by atoms with E-state index in [1.54, 1.807) is 26.4 Å². The van der Waals surface area contributed by atoms with E-state index >= 15 is 0 Å². The van der Waals surface area contributed by atoms with E-state index in [1.165, 1.54) is 11.8 Å². The van der Waals surface area contributed by atoms with Gasteiger partial charge in [0.15, 0.2) is 0 Å². The van der Waals surface area contributed by atoms with Crippen molar-refractivity contribution >= 4 is 23.5 Å². The van der Waals surface area contributed by atoms with Crippen LogP contribution >= 0.6 is 11.8 Å². The van der Waals surface area contributed by atoms with Gasteiger partial charge >= 0.3 is 6.09 Å². The van der Waals surface area contributed by atoms with Crippen molar-refractivity contribution in [2.45, 2.75) is 24.7 Å². The van der Waals surface area contributed by atoms with Crippen molar-refractivity contribution in [3.8, 4) is 11.5 Å². The van der Waals surface area contributed by atoms with Crippen molar-refractivity contribution < 1.29 is 19.0 Å². The number of unbranched alkanes of at least 4 members (excludes halogenated alkanes) is 1. The number of thioether (sulfide) groups is 1. The second kappa shape index (κ2) is 8.58. The standard InChI is InChI=1S/C14H21NO4S/c1-5-6-7-19-14(16)15-10-8-11(17-2)13(20-4)12(9-10)18-3/h8-9H,5-7H2,1-4H3,(H,15,16). The van der Waals surface area contributed by atoms with Gasteiger partial charge in [-0.05, 0) is 12.7 Å². The van der Waals surface area contributed by atoms with E-state index in [2.05, 4.69) is 5.32 Å². The monoisotopic (exact) mass is 299 g/mol. The molecule has 0 atom stereocenters. The molecule has 0 aromatic heterocycles. The Morgan fingerprint density at radius 1 is 1.25 bits per heavy atom. The molecule has 1 aromatic rings. The number of anilines is 1. The maximum atomic E-state index is 11.6. The zero-order chi connectivity index (χ0) is 15.0. The summed E-state index contributed by atoms with van der Waals surface area (Å²) in [6.45, 7) is 2.46. The van der Waals surface area contributed by atoms with Crippen molar-refractivity contribution in [1.29, 1.82) is 0 Å². The molecule has 112 valence electrons. The molecule has 0 spiro atoms. The van der Waals surface area contributed by atoms with E-state index in [0.29, 0.717) is 23.8 Å². The Bertz CT molecular complexity index is 426. The number of hydrogen-bond donors (Lipinski definition) is 1. The maximum Gasteiger partial charge on any atom is 0.411 e. The molecule has 0 saturated carbocycles. The first-order valence-corrected chi connectivity index (χ1v) is 7.62. The molecule has 0 heterocycles. The van der Waals surface area contributed by atoms with Crippen LogP contribution in [0.4, 0.5) is 10.5 Å². The van der Waals surface area contributed by atoms with Gasteiger partial charge in [0.1, 0.15) is 11.5 Å². The van der Waals surface area contributed by atoms with Crippen molar-refractivity contribution in [2.24, 2.45) is 0 Å². The average Bonchev–Trinajstić information content (AvgIpc) is 2.46. The summed E-state index contributed by atoms with van der Waals surface area (Å²) in [6, 6.07) is 3.49. The van der Waals surface area contributed by atoms with E-state index in [-0.39, 0.29) is 0 Å². The lowest BCUT2D eigenvalue weighted by Crippen LogP contribution is -2.14. The zero-order valence-corrected chi connectivity index (χ0v) is 13.1. The van der Waals surface area contributed by atoms with Gasteiger partial charge in [-0.15, -0.1) is 11.8 Å². The van der Waals surface area contributed by atoms with Gasteiger partial charge in [-0.3, -0.25) is 5.32 Å². The molecule has 20 heavy (non-hydrogen) atoms. The lowest BCUT2D eigenvalue weighted by molar-refractivity contribution is 0.160. The molecule has 1 amide bonds. The van der Waals surface area contributed by atoms with Gasteiger partial charge in [0.25, 0.3) is 0 Å². The Morgan fingerprint density at radius 2 is 1.85 bits per heavy atom. The first kappa shape index (κ1) is 16.5. The third-order valence-corrected chi connectivity index (χ3v) is 3.45. The molecular weight excluding hydrogens is 278 g/mol. The Balaban J connectivity index is 2.82. The van der Waals surface area contributed by atoms with E-state index in [4.69, 9.17) is 14.2 Å². The summed E-state index contributed by atoms with van der Waals surface area (Å²) in [5.74, 6) is 1.31. The summed E-state index contributed by atoms with van der Waals surface area (Å²) < 4.78 is 15.7.